The summed E-state index contributed by atoms with van der Waals surface area (Å²) >= 11 is 0. The lowest BCUT2D eigenvalue weighted by molar-refractivity contribution is -0.132. The molecule has 0 aromatic carbocycles. The van der Waals surface area contributed by atoms with E-state index in [0.29, 0.717) is 6.54 Å². The molecule has 1 aliphatic rings. The molecule has 0 aliphatic carbocycles. The summed E-state index contributed by atoms with van der Waals surface area (Å²) in [6.45, 7) is 6.41. The van der Waals surface area contributed by atoms with Crippen LogP contribution in [0.2, 0.25) is 0 Å². The van der Waals surface area contributed by atoms with Gasteiger partial charge in [0.1, 0.15) is 11.5 Å². The average molecular weight is 250 g/mol. The maximum atomic E-state index is 12.1. The van der Waals surface area contributed by atoms with Gasteiger partial charge in [-0.05, 0) is 31.9 Å². The summed E-state index contributed by atoms with van der Waals surface area (Å²) in [5.74, 6) is 2.09. The van der Waals surface area contributed by atoms with Crippen LogP contribution in [-0.2, 0) is 17.8 Å². The predicted octanol–water partition coefficient (Wildman–Crippen LogP) is 1.94. The summed E-state index contributed by atoms with van der Waals surface area (Å²) in [5.41, 5.74) is 0. The van der Waals surface area contributed by atoms with Gasteiger partial charge < -0.3 is 9.32 Å². The Kier molecular flexibility index (Phi) is 4.42. The molecule has 0 saturated carbocycles. The van der Waals surface area contributed by atoms with Crippen LogP contribution >= 0.6 is 0 Å². The first-order chi connectivity index (χ1) is 8.70. The first-order valence-electron chi connectivity index (χ1n) is 6.80. The molecule has 1 aromatic heterocycles. The summed E-state index contributed by atoms with van der Waals surface area (Å²) in [7, 11) is 0. The van der Waals surface area contributed by atoms with E-state index in [1.54, 1.807) is 0 Å². The van der Waals surface area contributed by atoms with E-state index < -0.39 is 0 Å². The van der Waals surface area contributed by atoms with E-state index in [2.05, 4.69) is 12.2 Å². The molecule has 0 spiro atoms. The molecule has 1 unspecified atom stereocenters. The summed E-state index contributed by atoms with van der Waals surface area (Å²) in [6.07, 6.45) is 3.18. The number of carbonyl (C=O) groups is 1. The molecule has 18 heavy (non-hydrogen) atoms. The van der Waals surface area contributed by atoms with Crippen molar-refractivity contribution in [1.29, 1.82) is 0 Å². The van der Waals surface area contributed by atoms with Gasteiger partial charge in [-0.15, -0.1) is 0 Å². The molecule has 2 heterocycles. The van der Waals surface area contributed by atoms with E-state index in [9.17, 15) is 4.79 Å². The predicted molar refractivity (Wildman–Crippen MR) is 70.2 cm³/mol. The maximum Gasteiger partial charge on any atom is 0.239 e. The fraction of sp³-hybridized carbons (Fsp3) is 0.643. The highest BCUT2D eigenvalue weighted by Gasteiger charge is 2.22. The van der Waals surface area contributed by atoms with Crippen molar-refractivity contribution in [3.05, 3.63) is 23.7 Å². The van der Waals surface area contributed by atoms with Crippen molar-refractivity contribution >= 4 is 5.91 Å². The Morgan fingerprint density at radius 3 is 2.67 bits per heavy atom. The Balaban J connectivity index is 1.80. The van der Waals surface area contributed by atoms with Crippen LogP contribution in [0.3, 0.4) is 0 Å². The van der Waals surface area contributed by atoms with E-state index in [0.717, 1.165) is 43.9 Å². The van der Waals surface area contributed by atoms with Gasteiger partial charge in [0.15, 0.2) is 0 Å². The monoisotopic (exact) mass is 250 g/mol. The highest BCUT2D eigenvalue weighted by Crippen LogP contribution is 2.11. The van der Waals surface area contributed by atoms with Crippen molar-refractivity contribution < 1.29 is 9.21 Å². The highest BCUT2D eigenvalue weighted by atomic mass is 16.3. The zero-order valence-corrected chi connectivity index (χ0v) is 11.2. The van der Waals surface area contributed by atoms with Crippen LogP contribution in [-0.4, -0.2) is 29.9 Å². The Labute approximate surface area is 108 Å². The zero-order chi connectivity index (χ0) is 13.0. The van der Waals surface area contributed by atoms with E-state index in [1.807, 2.05) is 24.0 Å². The Hall–Kier alpha value is -1.29. The molecule has 100 valence electrons. The fourth-order valence-electron chi connectivity index (χ4n) is 2.26. The second-order valence-corrected chi connectivity index (χ2v) is 4.86. The lowest BCUT2D eigenvalue weighted by atomic mass is 10.3. The van der Waals surface area contributed by atoms with Crippen molar-refractivity contribution in [2.45, 2.75) is 45.7 Å². The van der Waals surface area contributed by atoms with Crippen LogP contribution in [0.15, 0.2) is 16.5 Å². The third-order valence-corrected chi connectivity index (χ3v) is 3.44. The molecule has 1 atom stereocenters. The normalized spacial score (nSPS) is 17.1. The van der Waals surface area contributed by atoms with Gasteiger partial charge in [0.2, 0.25) is 5.91 Å². The second-order valence-electron chi connectivity index (χ2n) is 4.86. The summed E-state index contributed by atoms with van der Waals surface area (Å²) in [5, 5.41) is 3.23. The zero-order valence-electron chi connectivity index (χ0n) is 11.2. The molecule has 0 radical (unpaired) electrons. The minimum Gasteiger partial charge on any atom is -0.465 e. The smallest absolute Gasteiger partial charge is 0.239 e. The topological polar surface area (TPSA) is 45.5 Å². The van der Waals surface area contributed by atoms with E-state index >= 15 is 0 Å². The lowest BCUT2D eigenvalue weighted by Gasteiger charge is -2.20. The number of furan rings is 1. The van der Waals surface area contributed by atoms with Gasteiger partial charge in [-0.3, -0.25) is 10.1 Å². The van der Waals surface area contributed by atoms with E-state index in [-0.39, 0.29) is 11.9 Å². The third-order valence-electron chi connectivity index (χ3n) is 3.44. The van der Waals surface area contributed by atoms with Gasteiger partial charge in [-0.25, -0.2) is 0 Å². The molecule has 1 fully saturated rings. The minimum absolute atomic E-state index is 0.140. The largest absolute Gasteiger partial charge is 0.465 e. The molecular formula is C14H22N2O2. The first kappa shape index (κ1) is 13.1. The lowest BCUT2D eigenvalue weighted by Crippen LogP contribution is -2.43. The summed E-state index contributed by atoms with van der Waals surface area (Å²) in [4.78, 5) is 14.0. The molecule has 1 aliphatic heterocycles. The average Bonchev–Trinajstić information content (AvgIpc) is 3.05. The van der Waals surface area contributed by atoms with Crippen molar-refractivity contribution in [2.75, 3.05) is 13.1 Å². The molecule has 1 amide bonds. The SMILES string of the molecule is CCc1ccc(CNC(C)C(=O)N2CCCC2)o1. The van der Waals surface area contributed by atoms with Gasteiger partial charge in [0.05, 0.1) is 12.6 Å². The number of nitrogens with one attached hydrogen (secondary N) is 1. The summed E-state index contributed by atoms with van der Waals surface area (Å²) in [6, 6.07) is 3.82. The molecule has 1 saturated heterocycles. The van der Waals surface area contributed by atoms with Crippen LogP contribution in [0.4, 0.5) is 0 Å². The molecule has 0 bridgehead atoms. The van der Waals surface area contributed by atoms with Gasteiger partial charge in [0, 0.05) is 19.5 Å². The molecule has 1 aromatic rings. The van der Waals surface area contributed by atoms with Crippen molar-refractivity contribution in [3.8, 4) is 0 Å². The van der Waals surface area contributed by atoms with Gasteiger partial charge in [0.25, 0.3) is 0 Å². The molecule has 1 N–H and O–H groups in total. The Morgan fingerprint density at radius 2 is 2.06 bits per heavy atom. The number of carbonyl (C=O) groups excluding carboxylic acids is 1. The van der Waals surface area contributed by atoms with Crippen LogP contribution < -0.4 is 5.32 Å². The van der Waals surface area contributed by atoms with Gasteiger partial charge in [-0.1, -0.05) is 6.92 Å². The quantitative estimate of drug-likeness (QED) is 0.868. The van der Waals surface area contributed by atoms with Crippen molar-refractivity contribution in [3.63, 3.8) is 0 Å². The number of hydrogen-bond acceptors (Lipinski definition) is 3. The standard InChI is InChI=1S/C14H22N2O2/c1-3-12-6-7-13(18-12)10-15-11(2)14(17)16-8-4-5-9-16/h6-7,11,15H,3-5,8-10H2,1-2H3. The number of likely N-dealkylation sites (tertiary alicyclic amines) is 1. The highest BCUT2D eigenvalue weighted by molar-refractivity contribution is 5.81. The summed E-state index contributed by atoms with van der Waals surface area (Å²) < 4.78 is 5.60. The number of rotatable bonds is 5. The van der Waals surface area contributed by atoms with Crippen LogP contribution in [0.25, 0.3) is 0 Å². The van der Waals surface area contributed by atoms with Gasteiger partial charge >= 0.3 is 0 Å². The number of amides is 1. The molecule has 2 rings (SSSR count). The molecular weight excluding hydrogens is 228 g/mol. The van der Waals surface area contributed by atoms with Crippen LogP contribution in [0.1, 0.15) is 38.2 Å². The Bertz CT molecular complexity index is 394. The van der Waals surface area contributed by atoms with E-state index in [1.165, 1.54) is 0 Å². The first-order valence-corrected chi connectivity index (χ1v) is 6.80. The minimum atomic E-state index is -0.140. The number of nitrogens with zero attached hydrogens (tertiary/aromatic N) is 1. The number of hydrogen-bond donors (Lipinski definition) is 1. The number of aryl methyl sites for hydroxylation is 1. The van der Waals surface area contributed by atoms with Crippen LogP contribution in [0.5, 0.6) is 0 Å². The van der Waals surface area contributed by atoms with Gasteiger partial charge in [-0.2, -0.15) is 0 Å². The Morgan fingerprint density at radius 1 is 1.39 bits per heavy atom. The van der Waals surface area contributed by atoms with Crippen molar-refractivity contribution in [2.24, 2.45) is 0 Å². The third kappa shape index (κ3) is 3.13. The maximum absolute atomic E-state index is 12.1. The molecule has 4 heteroatoms. The fourth-order valence-corrected chi connectivity index (χ4v) is 2.26. The second kappa shape index (κ2) is 6.05. The van der Waals surface area contributed by atoms with Crippen molar-refractivity contribution in [1.82, 2.24) is 10.2 Å². The van der Waals surface area contributed by atoms with E-state index in [4.69, 9.17) is 4.42 Å². The van der Waals surface area contributed by atoms with Crippen LogP contribution in [0, 0.1) is 0 Å². The molecule has 4 nitrogen and oxygen atoms in total.